The molecular formula is C14H19N3O2S. The van der Waals surface area contributed by atoms with Crippen LogP contribution in [0.2, 0.25) is 0 Å². The average molecular weight is 293 g/mol. The molecule has 1 aliphatic heterocycles. The van der Waals surface area contributed by atoms with Crippen LogP contribution < -0.4 is 11.1 Å². The fourth-order valence-corrected chi connectivity index (χ4v) is 3.49. The van der Waals surface area contributed by atoms with E-state index in [4.69, 9.17) is 10.9 Å². The summed E-state index contributed by atoms with van der Waals surface area (Å²) in [6.07, 6.45) is 2.73. The van der Waals surface area contributed by atoms with Crippen molar-refractivity contribution in [1.82, 2.24) is 0 Å². The summed E-state index contributed by atoms with van der Waals surface area (Å²) in [7, 11) is 0. The highest BCUT2D eigenvalue weighted by Gasteiger charge is 2.18. The van der Waals surface area contributed by atoms with E-state index in [1.807, 2.05) is 11.8 Å². The molecule has 1 aliphatic rings. The van der Waals surface area contributed by atoms with E-state index in [9.17, 15) is 4.79 Å². The van der Waals surface area contributed by atoms with Gasteiger partial charge in [0, 0.05) is 12.0 Å². The number of anilines is 1. The van der Waals surface area contributed by atoms with Gasteiger partial charge in [0.1, 0.15) is 0 Å². The summed E-state index contributed by atoms with van der Waals surface area (Å²) in [5, 5.41) is 14.6. The number of benzene rings is 1. The van der Waals surface area contributed by atoms with Crippen LogP contribution in [0.4, 0.5) is 5.69 Å². The van der Waals surface area contributed by atoms with Gasteiger partial charge in [-0.2, -0.15) is 11.8 Å². The number of nitrogens with two attached hydrogens (primary N) is 1. The Morgan fingerprint density at radius 1 is 1.40 bits per heavy atom. The van der Waals surface area contributed by atoms with Gasteiger partial charge >= 0.3 is 0 Å². The zero-order valence-electron chi connectivity index (χ0n) is 11.2. The molecule has 1 heterocycles. The highest BCUT2D eigenvalue weighted by Crippen LogP contribution is 2.26. The molecule has 4 N–H and O–H groups in total. The monoisotopic (exact) mass is 293 g/mol. The number of oxime groups is 1. The highest BCUT2D eigenvalue weighted by atomic mass is 32.2. The van der Waals surface area contributed by atoms with E-state index >= 15 is 0 Å². The Morgan fingerprint density at radius 2 is 2.10 bits per heavy atom. The quantitative estimate of drug-likeness (QED) is 0.344. The van der Waals surface area contributed by atoms with Crippen molar-refractivity contribution in [3.8, 4) is 0 Å². The number of hydrogen-bond acceptors (Lipinski definition) is 4. The van der Waals surface area contributed by atoms with Crippen LogP contribution in [0.5, 0.6) is 0 Å². The van der Waals surface area contributed by atoms with Crippen molar-refractivity contribution in [2.45, 2.75) is 19.3 Å². The number of nitrogens with one attached hydrogen (secondary N) is 1. The molecule has 6 heteroatoms. The van der Waals surface area contributed by atoms with Crippen molar-refractivity contribution in [2.24, 2.45) is 16.8 Å². The molecule has 1 saturated heterocycles. The Labute approximate surface area is 122 Å². The number of hydrogen-bond donors (Lipinski definition) is 3. The van der Waals surface area contributed by atoms with Gasteiger partial charge in [-0.3, -0.25) is 4.79 Å². The lowest BCUT2D eigenvalue weighted by Crippen LogP contribution is -2.22. The maximum Gasteiger partial charge on any atom is 0.224 e. The highest BCUT2D eigenvalue weighted by molar-refractivity contribution is 7.99. The Kier molecular flexibility index (Phi) is 5.29. The second kappa shape index (κ2) is 7.19. The number of amidine groups is 1. The number of thioether (sulfide) groups is 1. The van der Waals surface area contributed by atoms with Gasteiger partial charge in [-0.05, 0) is 42.4 Å². The average Bonchev–Trinajstić information content (AvgIpc) is 2.48. The second-order valence-corrected chi connectivity index (χ2v) is 6.06. The molecule has 108 valence electrons. The number of nitrogens with zero attached hydrogens (tertiary/aromatic N) is 1. The molecule has 0 spiro atoms. The van der Waals surface area contributed by atoms with E-state index in [2.05, 4.69) is 10.5 Å². The summed E-state index contributed by atoms with van der Waals surface area (Å²) in [4.78, 5) is 12.1. The lowest BCUT2D eigenvalue weighted by Gasteiger charge is -2.20. The maximum atomic E-state index is 12.1. The van der Waals surface area contributed by atoms with Crippen LogP contribution in [0.25, 0.3) is 0 Å². The van der Waals surface area contributed by atoms with Gasteiger partial charge in [-0.15, -0.1) is 0 Å². The Balaban J connectivity index is 2.00. The van der Waals surface area contributed by atoms with Gasteiger partial charge in [0.25, 0.3) is 0 Å². The third-order valence-electron chi connectivity index (χ3n) is 3.40. The van der Waals surface area contributed by atoms with Gasteiger partial charge in [0.15, 0.2) is 5.84 Å². The standard InChI is InChI=1S/C14H19N3O2S/c15-14(17-19)11-3-1-2-4-12(11)16-13(18)9-10-5-7-20-8-6-10/h1-4,10,19H,5-9H2,(H2,15,17)(H,16,18). The summed E-state index contributed by atoms with van der Waals surface area (Å²) in [6.45, 7) is 0. The van der Waals surface area contributed by atoms with Crippen molar-refractivity contribution >= 4 is 29.2 Å². The second-order valence-electron chi connectivity index (χ2n) is 4.84. The summed E-state index contributed by atoms with van der Waals surface area (Å²) in [5.74, 6) is 2.72. The fraction of sp³-hybridized carbons (Fsp3) is 0.429. The Hall–Kier alpha value is -1.69. The Bertz CT molecular complexity index is 499. The van der Waals surface area contributed by atoms with Gasteiger partial charge in [-0.1, -0.05) is 17.3 Å². The van der Waals surface area contributed by atoms with Crippen LogP contribution >= 0.6 is 11.8 Å². The molecule has 0 bridgehead atoms. The molecule has 1 aromatic carbocycles. The molecule has 2 rings (SSSR count). The van der Waals surface area contributed by atoms with E-state index in [1.165, 1.54) is 0 Å². The maximum absolute atomic E-state index is 12.1. The van der Waals surface area contributed by atoms with Gasteiger partial charge in [0.05, 0.1) is 5.69 Å². The molecule has 0 aromatic heterocycles. The minimum Gasteiger partial charge on any atom is -0.409 e. The van der Waals surface area contributed by atoms with Crippen molar-refractivity contribution < 1.29 is 10.0 Å². The number of rotatable bonds is 4. The molecule has 0 atom stereocenters. The molecule has 0 radical (unpaired) electrons. The van der Waals surface area contributed by atoms with Crippen molar-refractivity contribution in [3.63, 3.8) is 0 Å². The SMILES string of the molecule is N/C(=N/O)c1ccccc1NC(=O)CC1CCSCC1. The van der Waals surface area contributed by atoms with E-state index in [0.717, 1.165) is 24.3 Å². The minimum atomic E-state index is -0.0138. The Morgan fingerprint density at radius 3 is 2.80 bits per heavy atom. The smallest absolute Gasteiger partial charge is 0.224 e. The zero-order chi connectivity index (χ0) is 14.4. The van der Waals surface area contributed by atoms with Crippen LogP contribution in [-0.4, -0.2) is 28.5 Å². The van der Waals surface area contributed by atoms with E-state index < -0.39 is 0 Å². The normalized spacial score (nSPS) is 16.9. The number of carbonyl (C=O) groups is 1. The molecule has 0 aliphatic carbocycles. The number of para-hydroxylation sites is 1. The van der Waals surface area contributed by atoms with Crippen LogP contribution in [0.3, 0.4) is 0 Å². The molecule has 5 nitrogen and oxygen atoms in total. The zero-order valence-corrected chi connectivity index (χ0v) is 12.0. The van der Waals surface area contributed by atoms with Gasteiger partial charge in [0.2, 0.25) is 5.91 Å². The summed E-state index contributed by atoms with van der Waals surface area (Å²) in [5.41, 5.74) is 6.71. The minimum absolute atomic E-state index is 0.00466. The van der Waals surface area contributed by atoms with Gasteiger partial charge < -0.3 is 16.3 Å². The first kappa shape index (κ1) is 14.7. The first-order valence-corrected chi connectivity index (χ1v) is 7.80. The van der Waals surface area contributed by atoms with E-state index in [0.29, 0.717) is 23.6 Å². The fourth-order valence-electron chi connectivity index (χ4n) is 2.28. The third-order valence-corrected chi connectivity index (χ3v) is 4.45. The number of amides is 1. The molecule has 0 unspecified atom stereocenters. The first-order chi connectivity index (χ1) is 9.70. The molecule has 1 fully saturated rings. The van der Waals surface area contributed by atoms with E-state index in [-0.39, 0.29) is 11.7 Å². The lowest BCUT2D eigenvalue weighted by atomic mass is 9.98. The predicted octanol–water partition coefficient (Wildman–Crippen LogP) is 2.25. The molecule has 0 saturated carbocycles. The predicted molar refractivity (Wildman–Crippen MR) is 82.2 cm³/mol. The van der Waals surface area contributed by atoms with Crippen LogP contribution in [0.15, 0.2) is 29.4 Å². The van der Waals surface area contributed by atoms with Crippen molar-refractivity contribution in [2.75, 3.05) is 16.8 Å². The number of carbonyl (C=O) groups excluding carboxylic acids is 1. The van der Waals surface area contributed by atoms with Crippen LogP contribution in [0.1, 0.15) is 24.8 Å². The molecular weight excluding hydrogens is 274 g/mol. The first-order valence-electron chi connectivity index (χ1n) is 6.65. The lowest BCUT2D eigenvalue weighted by molar-refractivity contribution is -0.117. The van der Waals surface area contributed by atoms with Gasteiger partial charge in [-0.25, -0.2) is 0 Å². The van der Waals surface area contributed by atoms with Crippen molar-refractivity contribution in [3.05, 3.63) is 29.8 Å². The van der Waals surface area contributed by atoms with Crippen molar-refractivity contribution in [1.29, 1.82) is 0 Å². The van der Waals surface area contributed by atoms with Crippen LogP contribution in [0, 0.1) is 5.92 Å². The molecule has 1 aromatic rings. The van der Waals surface area contributed by atoms with Crippen LogP contribution in [-0.2, 0) is 4.79 Å². The van der Waals surface area contributed by atoms with E-state index in [1.54, 1.807) is 24.3 Å². The molecule has 20 heavy (non-hydrogen) atoms. The summed E-state index contributed by atoms with van der Waals surface area (Å²) in [6, 6.07) is 7.05. The third kappa shape index (κ3) is 3.90. The molecule has 1 amide bonds. The largest absolute Gasteiger partial charge is 0.409 e. The summed E-state index contributed by atoms with van der Waals surface area (Å²) < 4.78 is 0. The topological polar surface area (TPSA) is 87.7 Å². The summed E-state index contributed by atoms with van der Waals surface area (Å²) >= 11 is 1.95.